The predicted octanol–water partition coefficient (Wildman–Crippen LogP) is 1.41. The number of rotatable bonds is 1. The van der Waals surface area contributed by atoms with E-state index in [9.17, 15) is 4.79 Å². The summed E-state index contributed by atoms with van der Waals surface area (Å²) < 4.78 is 0.00852. The van der Waals surface area contributed by atoms with Crippen LogP contribution in [-0.2, 0) is 0 Å². The van der Waals surface area contributed by atoms with Crippen LogP contribution in [0.25, 0.3) is 0 Å². The Hall–Kier alpha value is -1.17. The van der Waals surface area contributed by atoms with Crippen molar-refractivity contribution in [2.45, 2.75) is 20.8 Å². The third kappa shape index (κ3) is 2.95. The molecule has 0 amide bonds. The highest BCUT2D eigenvalue weighted by Gasteiger charge is 2.08. The van der Waals surface area contributed by atoms with Crippen molar-refractivity contribution in [1.29, 1.82) is 5.41 Å². The number of anilines is 1. The van der Waals surface area contributed by atoms with Gasteiger partial charge in [-0.25, -0.2) is 4.98 Å². The quantitative estimate of drug-likeness (QED) is 0.667. The van der Waals surface area contributed by atoms with E-state index in [1.165, 1.54) is 0 Å². The summed E-state index contributed by atoms with van der Waals surface area (Å²) in [4.78, 5) is 17.3. The molecular weight excluding hydrogens is 248 g/mol. The van der Waals surface area contributed by atoms with Gasteiger partial charge in [0.05, 0.1) is 0 Å². The zero-order valence-electron chi connectivity index (χ0n) is 8.31. The first kappa shape index (κ1) is 12.8. The van der Waals surface area contributed by atoms with Crippen molar-refractivity contribution in [3.05, 3.63) is 21.9 Å². The second-order valence-electron chi connectivity index (χ2n) is 2.23. The smallest absolute Gasteiger partial charge is 0.274 e. The number of H-pyrrole nitrogens is 1. The van der Waals surface area contributed by atoms with Crippen LogP contribution in [0.4, 0.5) is 5.69 Å². The van der Waals surface area contributed by atoms with Crippen molar-refractivity contribution in [3.63, 3.8) is 0 Å². The maximum atomic E-state index is 11.0. The van der Waals surface area contributed by atoms with E-state index in [4.69, 9.17) is 11.1 Å². The number of nitrogens with two attached hydrogens (primary N) is 1. The summed E-state index contributed by atoms with van der Waals surface area (Å²) in [5.74, 6) is 0.438. The van der Waals surface area contributed by atoms with Crippen molar-refractivity contribution in [2.24, 2.45) is 0 Å². The molecule has 1 rings (SSSR count). The van der Waals surface area contributed by atoms with Crippen LogP contribution in [0.3, 0.4) is 0 Å². The Bertz CT molecular complexity index is 385. The van der Waals surface area contributed by atoms with E-state index in [1.807, 2.05) is 13.8 Å². The van der Waals surface area contributed by atoms with Crippen LogP contribution in [0.5, 0.6) is 0 Å². The summed E-state index contributed by atoms with van der Waals surface area (Å²) in [6, 6.07) is 0. The van der Waals surface area contributed by atoms with Gasteiger partial charge in [0.2, 0.25) is 0 Å². The lowest BCUT2D eigenvalue weighted by Gasteiger charge is -2.00. The van der Waals surface area contributed by atoms with Gasteiger partial charge < -0.3 is 10.7 Å². The number of hydrogen-bond acceptors (Lipinski definition) is 4. The summed E-state index contributed by atoms with van der Waals surface area (Å²) in [6.45, 7) is 5.63. The highest BCUT2D eigenvalue weighted by molar-refractivity contribution is 9.18. The normalized spacial score (nSPS) is 8.86. The average molecular weight is 261 g/mol. The van der Waals surface area contributed by atoms with E-state index in [1.54, 1.807) is 6.92 Å². The Morgan fingerprint density at radius 3 is 2.50 bits per heavy atom. The van der Waals surface area contributed by atoms with Crippen LogP contribution >= 0.6 is 15.9 Å². The molecule has 1 heterocycles. The molecule has 6 heteroatoms. The first-order valence-electron chi connectivity index (χ1n) is 4.13. The van der Waals surface area contributed by atoms with Crippen LogP contribution < -0.4 is 11.3 Å². The van der Waals surface area contributed by atoms with Crippen LogP contribution in [0.15, 0.2) is 4.79 Å². The van der Waals surface area contributed by atoms with Crippen molar-refractivity contribution in [3.8, 4) is 0 Å². The van der Waals surface area contributed by atoms with Crippen LogP contribution in [0.1, 0.15) is 25.4 Å². The van der Waals surface area contributed by atoms with Gasteiger partial charge in [0.15, 0.2) is 0 Å². The molecule has 78 valence electrons. The molecule has 0 spiro atoms. The summed E-state index contributed by atoms with van der Waals surface area (Å²) in [6.07, 6.45) is 0. The Morgan fingerprint density at radius 2 is 2.07 bits per heavy atom. The maximum Gasteiger partial charge on any atom is 0.274 e. The standard InChI is InChI=1S/C6H7BrN4O.C2H6/c1-2-10-4(5(7)9)3(8)6(12)11-2;1-2/h9H,8H2,1H3,(H,10,11,12);1-2H3. The molecule has 0 bridgehead atoms. The lowest BCUT2D eigenvalue weighted by atomic mass is 10.3. The second kappa shape index (κ2) is 5.54. The van der Waals surface area contributed by atoms with Crippen molar-refractivity contribution < 1.29 is 0 Å². The third-order valence-electron chi connectivity index (χ3n) is 1.28. The second-order valence-corrected chi connectivity index (χ2v) is 3.02. The molecule has 0 unspecified atom stereocenters. The molecule has 1 aromatic rings. The highest BCUT2D eigenvalue weighted by atomic mass is 79.9. The predicted molar refractivity (Wildman–Crippen MR) is 61.1 cm³/mol. The fourth-order valence-electron chi connectivity index (χ4n) is 0.762. The number of nitrogens with one attached hydrogen (secondary N) is 2. The van der Waals surface area contributed by atoms with E-state index in [2.05, 4.69) is 25.9 Å². The van der Waals surface area contributed by atoms with Gasteiger partial charge in [-0.05, 0) is 22.9 Å². The Kier molecular flexibility index (Phi) is 5.07. The van der Waals surface area contributed by atoms with Crippen LogP contribution in [-0.4, -0.2) is 14.6 Å². The maximum absolute atomic E-state index is 11.0. The summed E-state index contributed by atoms with van der Waals surface area (Å²) in [5, 5.41) is 7.19. The number of nitrogen functional groups attached to an aromatic ring is 1. The number of aromatic nitrogens is 2. The lowest BCUT2D eigenvalue weighted by Crippen LogP contribution is -2.18. The van der Waals surface area contributed by atoms with Gasteiger partial charge in [-0.15, -0.1) is 0 Å². The van der Waals surface area contributed by atoms with Crippen molar-refractivity contribution in [1.82, 2.24) is 9.97 Å². The van der Waals surface area contributed by atoms with Gasteiger partial charge in [-0.1, -0.05) is 13.8 Å². The van der Waals surface area contributed by atoms with E-state index in [0.29, 0.717) is 5.82 Å². The monoisotopic (exact) mass is 260 g/mol. The first-order valence-corrected chi connectivity index (χ1v) is 4.92. The summed E-state index contributed by atoms with van der Waals surface area (Å²) in [7, 11) is 0. The molecule has 0 saturated carbocycles. The number of aryl methyl sites for hydroxylation is 1. The summed E-state index contributed by atoms with van der Waals surface area (Å²) in [5.41, 5.74) is 5.10. The zero-order chi connectivity index (χ0) is 11.3. The van der Waals surface area contributed by atoms with E-state index < -0.39 is 5.56 Å². The van der Waals surface area contributed by atoms with Gasteiger partial charge in [-0.3, -0.25) is 10.2 Å². The van der Waals surface area contributed by atoms with E-state index in [0.717, 1.165) is 0 Å². The van der Waals surface area contributed by atoms with Gasteiger partial charge in [0.1, 0.15) is 21.8 Å². The van der Waals surface area contributed by atoms with Gasteiger partial charge in [0.25, 0.3) is 5.56 Å². The van der Waals surface area contributed by atoms with Gasteiger partial charge in [-0.2, -0.15) is 0 Å². The molecule has 1 aromatic heterocycles. The van der Waals surface area contributed by atoms with Gasteiger partial charge >= 0.3 is 0 Å². The third-order valence-corrected chi connectivity index (χ3v) is 1.66. The average Bonchev–Trinajstić information content (AvgIpc) is 2.14. The van der Waals surface area contributed by atoms with E-state index in [-0.39, 0.29) is 16.0 Å². The van der Waals surface area contributed by atoms with Crippen molar-refractivity contribution in [2.75, 3.05) is 5.73 Å². The molecule has 0 radical (unpaired) electrons. The van der Waals surface area contributed by atoms with Crippen LogP contribution in [0, 0.1) is 12.3 Å². The molecule has 0 atom stereocenters. The fraction of sp³-hybridized carbons (Fsp3) is 0.375. The zero-order valence-corrected chi connectivity index (χ0v) is 9.90. The van der Waals surface area contributed by atoms with Gasteiger partial charge in [0, 0.05) is 0 Å². The molecule has 0 aliphatic heterocycles. The SMILES string of the molecule is CC.Cc1nc(C(=N)Br)c(N)c(=O)[nH]1. The Labute approximate surface area is 90.4 Å². The van der Waals surface area contributed by atoms with Crippen molar-refractivity contribution >= 4 is 26.2 Å². The molecule has 0 aliphatic carbocycles. The Morgan fingerprint density at radius 1 is 1.57 bits per heavy atom. The number of nitrogens with zero attached hydrogens (tertiary/aromatic N) is 1. The highest BCUT2D eigenvalue weighted by Crippen LogP contribution is 2.06. The molecule has 5 nitrogen and oxygen atoms in total. The number of hydrogen-bond donors (Lipinski definition) is 3. The first-order chi connectivity index (χ1) is 6.52. The molecule has 0 aromatic carbocycles. The lowest BCUT2D eigenvalue weighted by molar-refractivity contribution is 1.02. The summed E-state index contributed by atoms with van der Waals surface area (Å²) >= 11 is 2.89. The molecule has 0 aliphatic rings. The minimum absolute atomic E-state index is 0.00852. The topological polar surface area (TPSA) is 95.6 Å². The largest absolute Gasteiger partial charge is 0.392 e. The van der Waals surface area contributed by atoms with Crippen LogP contribution in [0.2, 0.25) is 0 Å². The molecule has 0 saturated heterocycles. The Balaban J connectivity index is 0.000000791. The number of aromatic amines is 1. The minimum atomic E-state index is -0.415. The van der Waals surface area contributed by atoms with E-state index >= 15 is 0 Å². The minimum Gasteiger partial charge on any atom is -0.392 e. The molecule has 14 heavy (non-hydrogen) atoms. The fourth-order valence-corrected chi connectivity index (χ4v) is 1.06. The molecular formula is C8H13BrN4O. The molecule has 4 N–H and O–H groups in total. The molecule has 0 fully saturated rings. The number of halogens is 1.